The predicted molar refractivity (Wildman–Crippen MR) is 50.3 cm³/mol. The third-order valence-corrected chi connectivity index (χ3v) is 1.95. The molecule has 0 saturated heterocycles. The molecule has 0 bridgehead atoms. The summed E-state index contributed by atoms with van der Waals surface area (Å²) in [4.78, 5) is 39.9. The van der Waals surface area contributed by atoms with E-state index >= 15 is 0 Å². The largest absolute Gasteiger partial charge is 0.355 e. The molecule has 0 aliphatic heterocycles. The second-order valence-corrected chi connectivity index (χ2v) is 4.37. The summed E-state index contributed by atoms with van der Waals surface area (Å²) in [7, 11) is -4.26. The number of aromatic nitrogens is 4. The first-order valence-corrected chi connectivity index (χ1v) is 5.84. The smallest absolute Gasteiger partial charge is 0.342 e. The SMILES string of the molecule is O=P(O)(O)COOc1ncc2[nH]cnc2n1. The van der Waals surface area contributed by atoms with Gasteiger partial charge in [0.05, 0.1) is 12.5 Å². The maximum Gasteiger partial charge on any atom is 0.355 e. The summed E-state index contributed by atoms with van der Waals surface area (Å²) < 4.78 is 10.4. The lowest BCUT2D eigenvalue weighted by molar-refractivity contribution is -0.198. The van der Waals surface area contributed by atoms with Gasteiger partial charge in [-0.15, -0.1) is 0 Å². The minimum atomic E-state index is -4.26. The number of rotatable bonds is 4. The van der Waals surface area contributed by atoms with Crippen LogP contribution in [0, 0.1) is 0 Å². The Morgan fingerprint density at radius 3 is 3.00 bits per heavy atom. The zero-order chi connectivity index (χ0) is 11.6. The van der Waals surface area contributed by atoms with Crippen molar-refractivity contribution >= 4 is 18.8 Å². The van der Waals surface area contributed by atoms with Gasteiger partial charge in [0.25, 0.3) is 0 Å². The maximum absolute atomic E-state index is 10.4. The van der Waals surface area contributed by atoms with Crippen LogP contribution < -0.4 is 4.89 Å². The molecule has 0 unspecified atom stereocenters. The van der Waals surface area contributed by atoms with Crippen molar-refractivity contribution in [3.05, 3.63) is 12.5 Å². The van der Waals surface area contributed by atoms with Crippen molar-refractivity contribution < 1.29 is 24.1 Å². The average molecular weight is 246 g/mol. The molecule has 10 heteroatoms. The molecule has 0 saturated carbocycles. The highest BCUT2D eigenvalue weighted by Crippen LogP contribution is 2.33. The fourth-order valence-electron chi connectivity index (χ4n) is 0.908. The maximum atomic E-state index is 10.4. The lowest BCUT2D eigenvalue weighted by Gasteiger charge is -2.03. The Balaban J connectivity index is 2.01. The minimum absolute atomic E-state index is 0.173. The number of H-pyrrole nitrogens is 1. The van der Waals surface area contributed by atoms with Crippen LogP contribution in [-0.2, 0) is 9.45 Å². The van der Waals surface area contributed by atoms with Crippen LogP contribution in [0.2, 0.25) is 0 Å². The van der Waals surface area contributed by atoms with E-state index in [2.05, 4.69) is 29.7 Å². The van der Waals surface area contributed by atoms with Crippen LogP contribution >= 0.6 is 7.60 Å². The zero-order valence-electron chi connectivity index (χ0n) is 7.77. The number of imidazole rings is 1. The van der Waals surface area contributed by atoms with Crippen molar-refractivity contribution in [2.24, 2.45) is 0 Å². The van der Waals surface area contributed by atoms with Gasteiger partial charge in [0.15, 0.2) is 12.0 Å². The van der Waals surface area contributed by atoms with E-state index in [1.165, 1.54) is 12.5 Å². The first-order valence-electron chi connectivity index (χ1n) is 4.05. The number of fused-ring (bicyclic) bond motifs is 1. The molecular formula is C6H7N4O5P. The predicted octanol–water partition coefficient (Wildman–Crippen LogP) is -0.202. The third kappa shape index (κ3) is 2.74. The van der Waals surface area contributed by atoms with Crippen molar-refractivity contribution in [3.63, 3.8) is 0 Å². The number of aromatic amines is 1. The summed E-state index contributed by atoms with van der Waals surface area (Å²) in [6.45, 7) is 0. The fourth-order valence-corrected chi connectivity index (χ4v) is 1.10. The molecule has 2 heterocycles. The Hall–Kier alpha value is -1.54. The van der Waals surface area contributed by atoms with E-state index in [9.17, 15) is 4.57 Å². The minimum Gasteiger partial charge on any atom is -0.342 e. The van der Waals surface area contributed by atoms with Crippen LogP contribution in [-0.4, -0.2) is 36.1 Å². The lowest BCUT2D eigenvalue weighted by Crippen LogP contribution is -2.02. The summed E-state index contributed by atoms with van der Waals surface area (Å²) in [5.41, 5.74) is 0.979. The summed E-state index contributed by atoms with van der Waals surface area (Å²) in [5, 5.41) is 0. The number of nitrogens with one attached hydrogen (secondary N) is 1. The van der Waals surface area contributed by atoms with Crippen LogP contribution in [0.3, 0.4) is 0 Å². The highest BCUT2D eigenvalue weighted by atomic mass is 31.2. The van der Waals surface area contributed by atoms with Gasteiger partial charge < -0.3 is 14.8 Å². The zero-order valence-corrected chi connectivity index (χ0v) is 8.66. The van der Waals surface area contributed by atoms with E-state index in [0.29, 0.717) is 11.2 Å². The molecule has 86 valence electrons. The van der Waals surface area contributed by atoms with Crippen molar-refractivity contribution in [1.82, 2.24) is 19.9 Å². The van der Waals surface area contributed by atoms with E-state index in [1.54, 1.807) is 0 Å². The topological polar surface area (TPSA) is 130 Å². The Morgan fingerprint density at radius 2 is 2.25 bits per heavy atom. The van der Waals surface area contributed by atoms with Gasteiger partial charge in [-0.25, -0.2) is 4.98 Å². The molecule has 0 aliphatic carbocycles. The van der Waals surface area contributed by atoms with E-state index in [1.807, 2.05) is 0 Å². The molecule has 2 aromatic heterocycles. The van der Waals surface area contributed by atoms with E-state index in [0.717, 1.165) is 0 Å². The number of hydrogen-bond acceptors (Lipinski definition) is 6. The second-order valence-electron chi connectivity index (χ2n) is 2.79. The molecule has 0 fully saturated rings. The van der Waals surface area contributed by atoms with Gasteiger partial charge in [-0.05, 0) is 0 Å². The van der Waals surface area contributed by atoms with Crippen molar-refractivity contribution in [3.8, 4) is 6.01 Å². The standard InChI is InChI=1S/C6H7N4O5P/c11-16(12,13)3-14-15-6-7-1-4-5(10-6)9-2-8-4/h1-2H,3H2,(H2,11,12,13)(H,7,8,9,10). The van der Waals surface area contributed by atoms with Crippen LogP contribution in [0.5, 0.6) is 6.01 Å². The molecule has 2 rings (SSSR count). The van der Waals surface area contributed by atoms with Crippen LogP contribution in [0.4, 0.5) is 0 Å². The molecule has 3 N–H and O–H groups in total. The Morgan fingerprint density at radius 1 is 1.44 bits per heavy atom. The van der Waals surface area contributed by atoms with Crippen molar-refractivity contribution in [2.45, 2.75) is 0 Å². The molecule has 0 amide bonds. The van der Waals surface area contributed by atoms with Crippen LogP contribution in [0.15, 0.2) is 12.5 Å². The summed E-state index contributed by atoms with van der Waals surface area (Å²) in [6, 6.07) is -0.173. The van der Waals surface area contributed by atoms with Crippen molar-refractivity contribution in [1.29, 1.82) is 0 Å². The van der Waals surface area contributed by atoms with Crippen LogP contribution in [0.1, 0.15) is 0 Å². The summed E-state index contributed by atoms with van der Waals surface area (Å²) >= 11 is 0. The first kappa shape index (κ1) is 11.0. The van der Waals surface area contributed by atoms with Gasteiger partial charge in [-0.1, -0.05) is 0 Å². The van der Waals surface area contributed by atoms with Gasteiger partial charge in [0, 0.05) is 0 Å². The van der Waals surface area contributed by atoms with Gasteiger partial charge >= 0.3 is 13.6 Å². The molecule has 2 aromatic rings. The molecule has 9 nitrogen and oxygen atoms in total. The van der Waals surface area contributed by atoms with Gasteiger partial charge in [-0.2, -0.15) is 14.9 Å². The quantitative estimate of drug-likeness (QED) is 0.384. The molecule has 0 radical (unpaired) electrons. The highest BCUT2D eigenvalue weighted by molar-refractivity contribution is 7.51. The number of nitrogens with zero attached hydrogens (tertiary/aromatic N) is 3. The van der Waals surface area contributed by atoms with E-state index in [-0.39, 0.29) is 6.01 Å². The number of hydrogen-bond donors (Lipinski definition) is 3. The van der Waals surface area contributed by atoms with Crippen LogP contribution in [0.25, 0.3) is 11.2 Å². The molecule has 0 spiro atoms. The van der Waals surface area contributed by atoms with Crippen molar-refractivity contribution in [2.75, 3.05) is 6.35 Å². The summed E-state index contributed by atoms with van der Waals surface area (Å²) in [6.07, 6.45) is 1.97. The monoisotopic (exact) mass is 246 g/mol. The first-order chi connectivity index (χ1) is 7.54. The normalized spacial score (nSPS) is 11.9. The van der Waals surface area contributed by atoms with Gasteiger partial charge in [-0.3, -0.25) is 9.45 Å². The Kier molecular flexibility index (Phi) is 2.84. The molecule has 0 aliphatic rings. The molecular weight excluding hydrogens is 239 g/mol. The highest BCUT2D eigenvalue weighted by Gasteiger charge is 2.14. The Bertz CT molecular complexity index is 536. The summed E-state index contributed by atoms with van der Waals surface area (Å²) in [5.74, 6) is 0. The molecule has 16 heavy (non-hydrogen) atoms. The fraction of sp³-hybridized carbons (Fsp3) is 0.167. The van der Waals surface area contributed by atoms with Gasteiger partial charge in [0.1, 0.15) is 5.52 Å². The third-order valence-electron chi connectivity index (χ3n) is 1.51. The Labute approximate surface area is 88.6 Å². The lowest BCUT2D eigenvalue weighted by atomic mass is 10.6. The average Bonchev–Trinajstić information content (AvgIpc) is 2.62. The molecule has 0 aromatic carbocycles. The van der Waals surface area contributed by atoms with E-state index < -0.39 is 13.9 Å². The molecule has 0 atom stereocenters. The van der Waals surface area contributed by atoms with E-state index in [4.69, 9.17) is 9.79 Å². The van der Waals surface area contributed by atoms with Gasteiger partial charge in [0.2, 0.25) is 0 Å². The second kappa shape index (κ2) is 4.14.